The number of rotatable bonds is 3. The molecule has 2 nitrogen and oxygen atoms in total. The third-order valence-corrected chi connectivity index (χ3v) is 2.40. The van der Waals surface area contributed by atoms with Gasteiger partial charge in [-0.05, 0) is 11.8 Å². The summed E-state index contributed by atoms with van der Waals surface area (Å²) in [6.07, 6.45) is 1.13. The molecule has 0 saturated carbocycles. The van der Waals surface area contributed by atoms with Crippen LogP contribution >= 0.6 is 0 Å². The normalized spacial score (nSPS) is 14.8. The van der Waals surface area contributed by atoms with Crippen molar-refractivity contribution in [3.05, 3.63) is 0 Å². The molecule has 78 valence electrons. The Hall–Kier alpha value is -0.530. The Morgan fingerprint density at radius 2 is 1.62 bits per heavy atom. The van der Waals surface area contributed by atoms with E-state index < -0.39 is 0 Å². The summed E-state index contributed by atoms with van der Waals surface area (Å²) in [5, 5.41) is 0. The van der Waals surface area contributed by atoms with E-state index in [1.54, 1.807) is 0 Å². The van der Waals surface area contributed by atoms with Crippen LogP contribution in [0.15, 0.2) is 4.99 Å². The molecule has 0 aliphatic carbocycles. The van der Waals surface area contributed by atoms with Crippen LogP contribution in [-0.4, -0.2) is 12.4 Å². The summed E-state index contributed by atoms with van der Waals surface area (Å²) in [4.78, 5) is 4.43. The molecule has 0 atom stereocenters. The number of hydrogen-bond acceptors (Lipinski definition) is 1. The number of hydrogen-bond donors (Lipinski definition) is 1. The van der Waals surface area contributed by atoms with Crippen LogP contribution in [0.1, 0.15) is 48.0 Å². The second-order valence-electron chi connectivity index (χ2n) is 5.47. The van der Waals surface area contributed by atoms with Crippen molar-refractivity contribution in [3.8, 4) is 0 Å². The van der Waals surface area contributed by atoms with Crippen LogP contribution in [0.25, 0.3) is 0 Å². The molecule has 0 bridgehead atoms. The SMILES string of the molecule is CCC(C)(C)CN=C(N)C(C)(C)C. The van der Waals surface area contributed by atoms with Gasteiger partial charge in [-0.1, -0.05) is 41.5 Å². The van der Waals surface area contributed by atoms with Crippen molar-refractivity contribution in [2.24, 2.45) is 21.6 Å². The maximum Gasteiger partial charge on any atom is 0.0991 e. The molecule has 0 fully saturated rings. The van der Waals surface area contributed by atoms with E-state index in [4.69, 9.17) is 5.73 Å². The quantitative estimate of drug-likeness (QED) is 0.531. The van der Waals surface area contributed by atoms with Crippen LogP contribution in [0.2, 0.25) is 0 Å². The average molecular weight is 184 g/mol. The fourth-order valence-corrected chi connectivity index (χ4v) is 0.648. The number of nitrogens with zero attached hydrogens (tertiary/aromatic N) is 1. The van der Waals surface area contributed by atoms with Crippen molar-refractivity contribution in [2.45, 2.75) is 48.0 Å². The van der Waals surface area contributed by atoms with Gasteiger partial charge in [0.1, 0.15) is 0 Å². The molecule has 13 heavy (non-hydrogen) atoms. The fourth-order valence-electron chi connectivity index (χ4n) is 0.648. The minimum atomic E-state index is 0.00379. The summed E-state index contributed by atoms with van der Waals surface area (Å²) in [5.41, 5.74) is 6.14. The Morgan fingerprint density at radius 3 is 1.92 bits per heavy atom. The van der Waals surface area contributed by atoms with Crippen LogP contribution < -0.4 is 5.73 Å². The van der Waals surface area contributed by atoms with Crippen molar-refractivity contribution in [3.63, 3.8) is 0 Å². The standard InChI is InChI=1S/C11H24N2/c1-7-11(5,6)8-13-9(12)10(2,3)4/h7-8H2,1-6H3,(H2,12,13). The summed E-state index contributed by atoms with van der Waals surface area (Å²) in [5.74, 6) is 0.758. The molecule has 2 heteroatoms. The van der Waals surface area contributed by atoms with E-state index >= 15 is 0 Å². The topological polar surface area (TPSA) is 38.4 Å². The van der Waals surface area contributed by atoms with Gasteiger partial charge in [-0.3, -0.25) is 4.99 Å². The van der Waals surface area contributed by atoms with E-state index in [0.29, 0.717) is 0 Å². The van der Waals surface area contributed by atoms with Gasteiger partial charge in [-0.2, -0.15) is 0 Å². The summed E-state index contributed by atoms with van der Waals surface area (Å²) in [6, 6.07) is 0. The molecular weight excluding hydrogens is 160 g/mol. The predicted molar refractivity (Wildman–Crippen MR) is 60.0 cm³/mol. The van der Waals surface area contributed by atoms with E-state index in [2.05, 4.69) is 46.5 Å². The van der Waals surface area contributed by atoms with Gasteiger partial charge >= 0.3 is 0 Å². The molecule has 0 heterocycles. The Bertz CT molecular complexity index is 185. The third kappa shape index (κ3) is 4.91. The molecule has 0 amide bonds. The molecule has 0 aromatic carbocycles. The Kier molecular flexibility index (Phi) is 3.95. The van der Waals surface area contributed by atoms with Gasteiger partial charge in [0.2, 0.25) is 0 Å². The monoisotopic (exact) mass is 184 g/mol. The summed E-state index contributed by atoms with van der Waals surface area (Å²) < 4.78 is 0. The number of nitrogens with two attached hydrogens (primary N) is 1. The smallest absolute Gasteiger partial charge is 0.0991 e. The zero-order chi connectivity index (χ0) is 10.7. The highest BCUT2D eigenvalue weighted by molar-refractivity contribution is 5.85. The lowest BCUT2D eigenvalue weighted by molar-refractivity contribution is 0.364. The minimum Gasteiger partial charge on any atom is -0.387 e. The molecule has 0 unspecified atom stereocenters. The van der Waals surface area contributed by atoms with Gasteiger partial charge in [-0.25, -0.2) is 0 Å². The van der Waals surface area contributed by atoms with E-state index in [9.17, 15) is 0 Å². The summed E-state index contributed by atoms with van der Waals surface area (Å²) >= 11 is 0. The first-order valence-corrected chi connectivity index (χ1v) is 4.99. The van der Waals surface area contributed by atoms with Crippen molar-refractivity contribution >= 4 is 5.84 Å². The summed E-state index contributed by atoms with van der Waals surface area (Å²) in [6.45, 7) is 13.7. The molecule has 0 rings (SSSR count). The highest BCUT2D eigenvalue weighted by Gasteiger charge is 2.18. The molecular formula is C11H24N2. The van der Waals surface area contributed by atoms with Crippen LogP contribution in [0.4, 0.5) is 0 Å². The van der Waals surface area contributed by atoms with Crippen molar-refractivity contribution in [1.82, 2.24) is 0 Å². The highest BCUT2D eigenvalue weighted by atomic mass is 14.9. The molecule has 0 aliphatic heterocycles. The maximum absolute atomic E-state index is 5.86. The van der Waals surface area contributed by atoms with Gasteiger partial charge in [0.15, 0.2) is 0 Å². The van der Waals surface area contributed by atoms with E-state index in [0.717, 1.165) is 18.8 Å². The predicted octanol–water partition coefficient (Wildman–Crippen LogP) is 2.83. The van der Waals surface area contributed by atoms with E-state index in [1.165, 1.54) is 0 Å². The van der Waals surface area contributed by atoms with Crippen molar-refractivity contribution in [2.75, 3.05) is 6.54 Å². The van der Waals surface area contributed by atoms with E-state index in [1.807, 2.05) is 0 Å². The molecule has 0 radical (unpaired) electrons. The van der Waals surface area contributed by atoms with Gasteiger partial charge in [0.25, 0.3) is 0 Å². The van der Waals surface area contributed by atoms with Crippen LogP contribution in [0.5, 0.6) is 0 Å². The number of amidine groups is 1. The van der Waals surface area contributed by atoms with Crippen molar-refractivity contribution < 1.29 is 0 Å². The van der Waals surface area contributed by atoms with E-state index in [-0.39, 0.29) is 10.8 Å². The van der Waals surface area contributed by atoms with Crippen LogP contribution in [0, 0.1) is 10.8 Å². The van der Waals surface area contributed by atoms with Crippen LogP contribution in [-0.2, 0) is 0 Å². The Labute approximate surface area is 82.6 Å². The highest BCUT2D eigenvalue weighted by Crippen LogP contribution is 2.21. The second-order valence-corrected chi connectivity index (χ2v) is 5.47. The lowest BCUT2D eigenvalue weighted by atomic mass is 9.90. The lowest BCUT2D eigenvalue weighted by Crippen LogP contribution is -2.30. The zero-order valence-electron chi connectivity index (χ0n) is 9.94. The molecule has 0 saturated heterocycles. The second kappa shape index (κ2) is 4.12. The first kappa shape index (κ1) is 12.5. The Morgan fingerprint density at radius 1 is 1.15 bits per heavy atom. The van der Waals surface area contributed by atoms with Gasteiger partial charge in [0.05, 0.1) is 5.84 Å². The zero-order valence-corrected chi connectivity index (χ0v) is 9.94. The minimum absolute atomic E-state index is 0.00379. The van der Waals surface area contributed by atoms with Gasteiger partial charge < -0.3 is 5.73 Å². The maximum atomic E-state index is 5.86. The first-order chi connectivity index (χ1) is 5.69. The largest absolute Gasteiger partial charge is 0.387 e. The molecule has 0 aromatic rings. The average Bonchev–Trinajstić information content (AvgIpc) is 1.98. The van der Waals surface area contributed by atoms with Gasteiger partial charge in [0, 0.05) is 12.0 Å². The molecule has 2 N–H and O–H groups in total. The fraction of sp³-hybridized carbons (Fsp3) is 0.909. The number of aliphatic imine (C=N–C) groups is 1. The van der Waals surface area contributed by atoms with Crippen molar-refractivity contribution in [1.29, 1.82) is 0 Å². The Balaban J connectivity index is 4.28. The molecule has 0 spiro atoms. The van der Waals surface area contributed by atoms with Gasteiger partial charge in [-0.15, -0.1) is 0 Å². The first-order valence-electron chi connectivity index (χ1n) is 4.99. The van der Waals surface area contributed by atoms with Crippen LogP contribution in [0.3, 0.4) is 0 Å². The lowest BCUT2D eigenvalue weighted by Gasteiger charge is -2.23. The molecule has 0 aliphatic rings. The summed E-state index contributed by atoms with van der Waals surface area (Å²) in [7, 11) is 0. The molecule has 0 aromatic heterocycles. The third-order valence-electron chi connectivity index (χ3n) is 2.40.